The van der Waals surface area contributed by atoms with Gasteiger partial charge in [0.1, 0.15) is 5.70 Å². The van der Waals surface area contributed by atoms with Crippen LogP contribution in [0, 0.1) is 0 Å². The van der Waals surface area contributed by atoms with E-state index in [4.69, 9.17) is 11.6 Å². The molecule has 0 radical (unpaired) electrons. The third kappa shape index (κ3) is 2.60. The fraction of sp³-hybridized carbons (Fsp3) is 0.357. The maximum atomic E-state index is 10.1. The third-order valence-corrected chi connectivity index (χ3v) is 4.30. The Morgan fingerprint density at radius 2 is 2.35 bits per heavy atom. The van der Waals surface area contributed by atoms with Crippen molar-refractivity contribution in [3.63, 3.8) is 0 Å². The molecular weight excluding hydrogens is 294 g/mol. The molecule has 0 bridgehead atoms. The van der Waals surface area contributed by atoms with E-state index in [2.05, 4.69) is 16.7 Å². The average Bonchev–Trinajstić information content (AvgIpc) is 2.43. The minimum Gasteiger partial charge on any atom is -0.491 e. The second-order valence-corrected chi connectivity index (χ2v) is 6.31. The van der Waals surface area contributed by atoms with Gasteiger partial charge in [-0.05, 0) is 35.9 Å². The first-order valence-corrected chi connectivity index (χ1v) is 8.24. The lowest BCUT2D eigenvalue weighted by molar-refractivity contribution is 0.310. The maximum Gasteiger partial charge on any atom is 0.252 e. The molecule has 1 aromatic rings. The third-order valence-electron chi connectivity index (χ3n) is 3.48. The van der Waals surface area contributed by atoms with E-state index in [0.717, 1.165) is 36.6 Å². The number of benzene rings is 1. The molecule has 20 heavy (non-hydrogen) atoms. The van der Waals surface area contributed by atoms with E-state index < -0.39 is 0 Å². The molecule has 0 saturated carbocycles. The van der Waals surface area contributed by atoms with Crippen LogP contribution >= 0.6 is 23.4 Å². The standard InChI is InChI=1S/C14H16ClN3OS/c1-20-5-4-18-8-10-6-9-2-3-11(15)7-12(9)16-13(10)14(19)17-18/h2-3,7,16H,4-6,8H2,1H3,(H,17,19). The summed E-state index contributed by atoms with van der Waals surface area (Å²) in [5, 5.41) is 20.2. The van der Waals surface area contributed by atoms with Gasteiger partial charge in [-0.25, -0.2) is 0 Å². The highest BCUT2D eigenvalue weighted by molar-refractivity contribution is 7.98. The van der Waals surface area contributed by atoms with Gasteiger partial charge in [-0.15, -0.1) is 5.10 Å². The maximum absolute atomic E-state index is 10.1. The van der Waals surface area contributed by atoms with Crippen LogP contribution < -0.4 is 5.32 Å². The summed E-state index contributed by atoms with van der Waals surface area (Å²) >= 11 is 7.79. The van der Waals surface area contributed by atoms with Gasteiger partial charge >= 0.3 is 0 Å². The van der Waals surface area contributed by atoms with Crippen molar-refractivity contribution in [3.05, 3.63) is 40.1 Å². The number of aliphatic hydroxyl groups is 1. The summed E-state index contributed by atoms with van der Waals surface area (Å²) in [4.78, 5) is 0. The molecule has 2 heterocycles. The molecule has 106 valence electrons. The molecule has 0 fully saturated rings. The monoisotopic (exact) mass is 309 g/mol. The summed E-state index contributed by atoms with van der Waals surface area (Å²) in [7, 11) is 0. The second-order valence-electron chi connectivity index (χ2n) is 4.89. The Bertz CT molecular complexity index is 600. The van der Waals surface area contributed by atoms with E-state index in [1.165, 1.54) is 11.1 Å². The number of thioether (sulfide) groups is 1. The molecule has 6 heteroatoms. The Balaban J connectivity index is 1.84. The first-order valence-electron chi connectivity index (χ1n) is 6.46. The van der Waals surface area contributed by atoms with Crippen molar-refractivity contribution in [1.29, 1.82) is 0 Å². The van der Waals surface area contributed by atoms with Gasteiger partial charge in [0, 0.05) is 23.0 Å². The molecule has 2 N–H and O–H groups in total. The van der Waals surface area contributed by atoms with Crippen LogP contribution in [-0.2, 0) is 6.42 Å². The molecule has 4 nitrogen and oxygen atoms in total. The SMILES string of the molecule is CSCCN1CC2=C(Nc3cc(Cl)ccc3C2)C(O)=N1. The number of rotatable bonds is 3. The summed E-state index contributed by atoms with van der Waals surface area (Å²) in [5.41, 5.74) is 4.07. The summed E-state index contributed by atoms with van der Waals surface area (Å²) < 4.78 is 0. The van der Waals surface area contributed by atoms with Gasteiger partial charge in [-0.3, -0.25) is 5.01 Å². The Labute approximate surface area is 127 Å². The van der Waals surface area contributed by atoms with E-state index >= 15 is 0 Å². The summed E-state index contributed by atoms with van der Waals surface area (Å²) in [5.74, 6) is 1.07. The Hall–Kier alpha value is -1.33. The summed E-state index contributed by atoms with van der Waals surface area (Å²) in [6.45, 7) is 1.60. The number of hydrogen-bond acceptors (Lipinski definition) is 4. The zero-order valence-electron chi connectivity index (χ0n) is 11.2. The normalized spacial score (nSPS) is 17.3. The minimum absolute atomic E-state index is 0.0676. The Kier molecular flexibility index (Phi) is 3.81. The van der Waals surface area contributed by atoms with Crippen LogP contribution in [0.2, 0.25) is 5.02 Å². The topological polar surface area (TPSA) is 47.9 Å². The van der Waals surface area contributed by atoms with Crippen molar-refractivity contribution in [1.82, 2.24) is 5.01 Å². The van der Waals surface area contributed by atoms with Gasteiger partial charge in [0.25, 0.3) is 5.90 Å². The average molecular weight is 310 g/mol. The Morgan fingerprint density at radius 1 is 1.50 bits per heavy atom. The van der Waals surface area contributed by atoms with Crippen LogP contribution in [0.25, 0.3) is 0 Å². The van der Waals surface area contributed by atoms with Gasteiger partial charge in [0.15, 0.2) is 0 Å². The van der Waals surface area contributed by atoms with E-state index in [-0.39, 0.29) is 5.90 Å². The number of aliphatic hydroxyl groups excluding tert-OH is 1. The molecule has 3 rings (SSSR count). The first kappa shape index (κ1) is 13.6. The molecular formula is C14H16ClN3OS. The van der Waals surface area contributed by atoms with E-state index in [0.29, 0.717) is 5.02 Å². The van der Waals surface area contributed by atoms with Gasteiger partial charge < -0.3 is 10.4 Å². The van der Waals surface area contributed by atoms with Crippen LogP contribution in [0.3, 0.4) is 0 Å². The van der Waals surface area contributed by atoms with Crippen LogP contribution in [0.1, 0.15) is 5.56 Å². The molecule has 0 spiro atoms. The lowest BCUT2D eigenvalue weighted by Gasteiger charge is -2.31. The molecule has 1 aromatic carbocycles. The molecule has 0 saturated heterocycles. The number of fused-ring (bicyclic) bond motifs is 1. The predicted molar refractivity (Wildman–Crippen MR) is 85.8 cm³/mol. The Morgan fingerprint density at radius 3 is 3.15 bits per heavy atom. The van der Waals surface area contributed by atoms with Crippen LogP contribution in [0.5, 0.6) is 0 Å². The van der Waals surface area contributed by atoms with Crippen molar-refractivity contribution in [2.45, 2.75) is 6.42 Å². The minimum atomic E-state index is 0.0676. The highest BCUT2D eigenvalue weighted by Gasteiger charge is 2.26. The smallest absolute Gasteiger partial charge is 0.252 e. The number of halogens is 1. The number of nitrogens with zero attached hydrogens (tertiary/aromatic N) is 2. The quantitative estimate of drug-likeness (QED) is 0.900. The zero-order valence-corrected chi connectivity index (χ0v) is 12.8. The van der Waals surface area contributed by atoms with Gasteiger partial charge in [0.2, 0.25) is 0 Å². The van der Waals surface area contributed by atoms with E-state index in [1.54, 1.807) is 11.8 Å². The van der Waals surface area contributed by atoms with Crippen LogP contribution in [0.4, 0.5) is 5.69 Å². The van der Waals surface area contributed by atoms with E-state index in [1.807, 2.05) is 23.2 Å². The molecule has 2 aliphatic rings. The lowest BCUT2D eigenvalue weighted by atomic mass is 9.96. The van der Waals surface area contributed by atoms with Crippen molar-refractivity contribution < 1.29 is 5.11 Å². The predicted octanol–water partition coefficient (Wildman–Crippen LogP) is 3.11. The number of hydrogen-bond donors (Lipinski definition) is 2. The van der Waals surface area contributed by atoms with Crippen molar-refractivity contribution >= 4 is 34.9 Å². The van der Waals surface area contributed by atoms with Crippen molar-refractivity contribution in [2.24, 2.45) is 5.10 Å². The summed E-state index contributed by atoms with van der Waals surface area (Å²) in [6, 6.07) is 5.81. The second kappa shape index (κ2) is 5.58. The van der Waals surface area contributed by atoms with Crippen molar-refractivity contribution in [3.8, 4) is 0 Å². The van der Waals surface area contributed by atoms with Gasteiger partial charge in [-0.1, -0.05) is 17.7 Å². The zero-order chi connectivity index (χ0) is 14.1. The molecule has 0 aliphatic carbocycles. The molecule has 2 aliphatic heterocycles. The summed E-state index contributed by atoms with van der Waals surface area (Å²) in [6.07, 6.45) is 2.89. The van der Waals surface area contributed by atoms with Gasteiger partial charge in [-0.2, -0.15) is 11.8 Å². The largest absolute Gasteiger partial charge is 0.491 e. The van der Waals surface area contributed by atoms with Crippen LogP contribution in [-0.4, -0.2) is 41.1 Å². The molecule has 0 aromatic heterocycles. The fourth-order valence-corrected chi connectivity index (χ4v) is 3.04. The first-order chi connectivity index (χ1) is 9.67. The van der Waals surface area contributed by atoms with Gasteiger partial charge in [0.05, 0.1) is 6.54 Å². The molecule has 0 amide bonds. The van der Waals surface area contributed by atoms with Crippen molar-refractivity contribution in [2.75, 3.05) is 30.4 Å². The molecule has 0 atom stereocenters. The fourth-order valence-electron chi connectivity index (χ4n) is 2.47. The highest BCUT2D eigenvalue weighted by atomic mass is 35.5. The van der Waals surface area contributed by atoms with E-state index in [9.17, 15) is 5.11 Å². The number of nitrogens with one attached hydrogen (secondary N) is 1. The lowest BCUT2D eigenvalue weighted by Crippen LogP contribution is -2.35. The van der Waals surface area contributed by atoms with Crippen LogP contribution in [0.15, 0.2) is 34.6 Å². The number of hydrazone groups is 1. The highest BCUT2D eigenvalue weighted by Crippen LogP contribution is 2.32. The molecule has 0 unspecified atom stereocenters. The number of anilines is 1.